The quantitative estimate of drug-likeness (QED) is 0.815. The first-order chi connectivity index (χ1) is 8.81. The summed E-state index contributed by atoms with van der Waals surface area (Å²) in [6.45, 7) is 1.58. The summed E-state index contributed by atoms with van der Waals surface area (Å²) in [5.41, 5.74) is 0. The lowest BCUT2D eigenvalue weighted by Gasteiger charge is -2.22. The molecule has 7 nitrogen and oxygen atoms in total. The molecule has 1 aliphatic heterocycles. The Labute approximate surface area is 106 Å². The van der Waals surface area contributed by atoms with Crippen LogP contribution in [0.3, 0.4) is 0 Å². The van der Waals surface area contributed by atoms with E-state index in [2.05, 4.69) is 20.3 Å². The van der Waals surface area contributed by atoms with Crippen molar-refractivity contribution in [2.75, 3.05) is 27.4 Å². The van der Waals surface area contributed by atoms with Crippen LogP contribution in [-0.4, -0.2) is 48.4 Å². The van der Waals surface area contributed by atoms with Crippen LogP contribution in [-0.2, 0) is 0 Å². The predicted molar refractivity (Wildman–Crippen MR) is 64.1 cm³/mol. The molecule has 0 bridgehead atoms. The number of piperidine rings is 1. The molecule has 1 N–H and O–H groups in total. The lowest BCUT2D eigenvalue weighted by Crippen LogP contribution is -2.38. The van der Waals surface area contributed by atoms with Gasteiger partial charge in [0.15, 0.2) is 0 Å². The fourth-order valence-electron chi connectivity index (χ4n) is 1.81. The predicted octanol–water partition coefficient (Wildman–Crippen LogP) is 0.410. The molecule has 18 heavy (non-hydrogen) atoms. The van der Waals surface area contributed by atoms with Crippen LogP contribution in [0.2, 0.25) is 0 Å². The van der Waals surface area contributed by atoms with Crippen molar-refractivity contribution in [2.45, 2.75) is 25.3 Å². The van der Waals surface area contributed by atoms with Crippen molar-refractivity contribution in [3.05, 3.63) is 0 Å². The molecule has 0 aromatic carbocycles. The fraction of sp³-hybridized carbons (Fsp3) is 0.727. The molecule has 100 valence electrons. The van der Waals surface area contributed by atoms with Gasteiger partial charge in [0.05, 0.1) is 14.2 Å². The lowest BCUT2D eigenvalue weighted by molar-refractivity contribution is 0.215. The molecule has 1 aromatic rings. The molecule has 1 unspecified atom stereocenters. The molecule has 0 radical (unpaired) electrons. The van der Waals surface area contributed by atoms with Gasteiger partial charge in [0.1, 0.15) is 6.61 Å². The van der Waals surface area contributed by atoms with Crippen LogP contribution >= 0.6 is 0 Å². The van der Waals surface area contributed by atoms with E-state index in [1.165, 1.54) is 27.1 Å². The Balaban J connectivity index is 1.94. The minimum absolute atomic E-state index is 0.188. The Morgan fingerprint density at radius 3 is 2.28 bits per heavy atom. The second-order valence-electron chi connectivity index (χ2n) is 4.05. The van der Waals surface area contributed by atoms with Gasteiger partial charge in [-0.25, -0.2) is 0 Å². The highest BCUT2D eigenvalue weighted by atomic mass is 16.5. The van der Waals surface area contributed by atoms with Gasteiger partial charge in [0, 0.05) is 6.04 Å². The number of rotatable bonds is 5. The molecule has 0 spiro atoms. The average Bonchev–Trinajstić information content (AvgIpc) is 2.45. The molecule has 0 amide bonds. The highest BCUT2D eigenvalue weighted by Gasteiger charge is 2.15. The Morgan fingerprint density at radius 2 is 1.72 bits per heavy atom. The van der Waals surface area contributed by atoms with E-state index in [9.17, 15) is 0 Å². The van der Waals surface area contributed by atoms with Gasteiger partial charge in [-0.2, -0.15) is 0 Å². The highest BCUT2D eigenvalue weighted by molar-refractivity contribution is 5.08. The highest BCUT2D eigenvalue weighted by Crippen LogP contribution is 2.15. The summed E-state index contributed by atoms with van der Waals surface area (Å²) in [5, 5.41) is 3.39. The van der Waals surface area contributed by atoms with E-state index >= 15 is 0 Å². The van der Waals surface area contributed by atoms with Gasteiger partial charge in [-0.1, -0.05) is 6.42 Å². The zero-order valence-corrected chi connectivity index (χ0v) is 10.7. The summed E-state index contributed by atoms with van der Waals surface area (Å²) in [7, 11) is 2.97. The Morgan fingerprint density at radius 1 is 1.06 bits per heavy atom. The van der Waals surface area contributed by atoms with Crippen LogP contribution in [0.4, 0.5) is 0 Å². The van der Waals surface area contributed by atoms with Crippen LogP contribution in [0.1, 0.15) is 19.3 Å². The minimum atomic E-state index is 0.188. The minimum Gasteiger partial charge on any atom is -0.467 e. The van der Waals surface area contributed by atoms with E-state index < -0.39 is 0 Å². The molecule has 0 aliphatic carbocycles. The molecule has 1 fully saturated rings. The van der Waals surface area contributed by atoms with E-state index in [-0.39, 0.29) is 18.0 Å². The zero-order chi connectivity index (χ0) is 12.8. The third-order valence-electron chi connectivity index (χ3n) is 2.77. The molecule has 0 saturated carbocycles. The van der Waals surface area contributed by atoms with Crippen LogP contribution in [0.25, 0.3) is 0 Å². The summed E-state index contributed by atoms with van der Waals surface area (Å²) in [6.07, 6.45) is 3.56. The van der Waals surface area contributed by atoms with Gasteiger partial charge in [0.2, 0.25) is 0 Å². The first kappa shape index (κ1) is 12.8. The molecule has 2 rings (SSSR count). The standard InChI is InChI=1S/C11H18N4O3/c1-16-9-13-10(17-2)15-11(14-9)18-7-8-5-3-4-6-12-8/h8,12H,3-7H2,1-2H3. The maximum absolute atomic E-state index is 5.55. The number of hydrogen-bond acceptors (Lipinski definition) is 7. The summed E-state index contributed by atoms with van der Waals surface area (Å²) in [4.78, 5) is 11.9. The molecule has 1 atom stereocenters. The number of hydrogen-bond donors (Lipinski definition) is 1. The summed E-state index contributed by atoms with van der Waals surface area (Å²) in [5.74, 6) is 0. The zero-order valence-electron chi connectivity index (χ0n) is 10.7. The van der Waals surface area contributed by atoms with Gasteiger partial charge in [-0.15, -0.1) is 15.0 Å². The molecular weight excluding hydrogens is 236 g/mol. The largest absolute Gasteiger partial charge is 0.467 e. The maximum atomic E-state index is 5.55. The average molecular weight is 254 g/mol. The first-order valence-corrected chi connectivity index (χ1v) is 6.02. The van der Waals surface area contributed by atoms with E-state index in [1.807, 2.05) is 0 Å². The van der Waals surface area contributed by atoms with E-state index in [1.54, 1.807) is 0 Å². The third-order valence-corrected chi connectivity index (χ3v) is 2.77. The third kappa shape index (κ3) is 3.43. The van der Waals surface area contributed by atoms with E-state index in [0.717, 1.165) is 13.0 Å². The molecule has 2 heterocycles. The molecular formula is C11H18N4O3. The topological polar surface area (TPSA) is 78.4 Å². The lowest BCUT2D eigenvalue weighted by atomic mass is 10.1. The van der Waals surface area contributed by atoms with Gasteiger partial charge in [0.25, 0.3) is 0 Å². The smallest absolute Gasteiger partial charge is 0.325 e. The van der Waals surface area contributed by atoms with Crippen molar-refractivity contribution < 1.29 is 14.2 Å². The Hall–Kier alpha value is -1.63. The van der Waals surface area contributed by atoms with Crippen molar-refractivity contribution >= 4 is 0 Å². The SMILES string of the molecule is COc1nc(OC)nc(OCC2CCCCN2)n1. The van der Waals surface area contributed by atoms with Crippen molar-refractivity contribution in [1.29, 1.82) is 0 Å². The van der Waals surface area contributed by atoms with Crippen molar-refractivity contribution in [1.82, 2.24) is 20.3 Å². The van der Waals surface area contributed by atoms with Crippen LogP contribution in [0.15, 0.2) is 0 Å². The maximum Gasteiger partial charge on any atom is 0.325 e. The van der Waals surface area contributed by atoms with E-state index in [0.29, 0.717) is 12.6 Å². The number of nitrogens with zero attached hydrogens (tertiary/aromatic N) is 3. The fourth-order valence-corrected chi connectivity index (χ4v) is 1.81. The van der Waals surface area contributed by atoms with Crippen molar-refractivity contribution in [3.63, 3.8) is 0 Å². The van der Waals surface area contributed by atoms with Gasteiger partial charge in [-0.3, -0.25) is 0 Å². The van der Waals surface area contributed by atoms with Crippen LogP contribution < -0.4 is 19.5 Å². The molecule has 1 aromatic heterocycles. The number of methoxy groups -OCH3 is 2. The Kier molecular flexibility index (Phi) is 4.52. The van der Waals surface area contributed by atoms with Crippen molar-refractivity contribution in [2.24, 2.45) is 0 Å². The van der Waals surface area contributed by atoms with Gasteiger partial charge < -0.3 is 19.5 Å². The van der Waals surface area contributed by atoms with E-state index in [4.69, 9.17) is 14.2 Å². The normalized spacial score (nSPS) is 19.3. The second-order valence-corrected chi connectivity index (χ2v) is 4.05. The molecule has 7 heteroatoms. The summed E-state index contributed by atoms with van der Waals surface area (Å²) < 4.78 is 15.4. The van der Waals surface area contributed by atoms with Crippen molar-refractivity contribution in [3.8, 4) is 18.0 Å². The molecule has 1 aliphatic rings. The summed E-state index contributed by atoms with van der Waals surface area (Å²) >= 11 is 0. The summed E-state index contributed by atoms with van der Waals surface area (Å²) in [6, 6.07) is 0.959. The van der Waals surface area contributed by atoms with Gasteiger partial charge >= 0.3 is 18.0 Å². The first-order valence-electron chi connectivity index (χ1n) is 6.02. The monoisotopic (exact) mass is 254 g/mol. The number of nitrogens with one attached hydrogen (secondary N) is 1. The van der Waals surface area contributed by atoms with Gasteiger partial charge in [-0.05, 0) is 19.4 Å². The second kappa shape index (κ2) is 6.34. The van der Waals surface area contributed by atoms with Crippen LogP contribution in [0.5, 0.6) is 18.0 Å². The Bertz CT molecular complexity index is 360. The number of ether oxygens (including phenoxy) is 3. The van der Waals surface area contributed by atoms with Crippen LogP contribution in [0, 0.1) is 0 Å². The number of aromatic nitrogens is 3. The molecule has 1 saturated heterocycles.